The van der Waals surface area contributed by atoms with Crippen LogP contribution in [0, 0.1) is 6.92 Å². The molecular formula is C22H26O5S. The van der Waals surface area contributed by atoms with Crippen molar-refractivity contribution >= 4 is 17.7 Å². The molecule has 0 bridgehead atoms. The number of hydrogen-bond acceptors (Lipinski definition) is 6. The van der Waals surface area contributed by atoms with Crippen LogP contribution in [0.25, 0.3) is 0 Å². The fourth-order valence-corrected chi connectivity index (χ4v) is 3.18. The Morgan fingerprint density at radius 3 is 2.39 bits per heavy atom. The fourth-order valence-electron chi connectivity index (χ4n) is 2.30. The summed E-state index contributed by atoms with van der Waals surface area (Å²) < 4.78 is 21.2. The number of carbonyl (C=O) groups is 1. The number of thioether (sulfide) groups is 1. The van der Waals surface area contributed by atoms with Crippen LogP contribution < -0.4 is 14.2 Å². The lowest BCUT2D eigenvalue weighted by Crippen LogP contribution is -2.14. The molecule has 0 amide bonds. The first-order valence-electron chi connectivity index (χ1n) is 8.97. The molecule has 0 aromatic heterocycles. The maximum atomic E-state index is 11.4. The maximum absolute atomic E-state index is 11.4. The van der Waals surface area contributed by atoms with Crippen molar-refractivity contribution in [1.82, 2.24) is 0 Å². The summed E-state index contributed by atoms with van der Waals surface area (Å²) in [7, 11) is 1.63. The number of rotatable bonds is 11. The average molecular weight is 403 g/mol. The molecule has 0 aliphatic rings. The highest BCUT2D eigenvalue weighted by atomic mass is 32.2. The third-order valence-electron chi connectivity index (χ3n) is 3.74. The van der Waals surface area contributed by atoms with Crippen LogP contribution in [0.4, 0.5) is 0 Å². The summed E-state index contributed by atoms with van der Waals surface area (Å²) in [4.78, 5) is 12.5. The Bertz CT molecular complexity index is 786. The Morgan fingerprint density at radius 2 is 1.75 bits per heavy atom. The second-order valence-electron chi connectivity index (χ2n) is 6.02. The van der Waals surface area contributed by atoms with E-state index in [1.165, 1.54) is 0 Å². The van der Waals surface area contributed by atoms with E-state index in [4.69, 9.17) is 18.9 Å². The van der Waals surface area contributed by atoms with Gasteiger partial charge in [-0.25, -0.2) is 4.79 Å². The standard InChI is InChI=1S/C22H26O5S/c1-5-25-22(23)14-27-21-11-10-20(12-17(21)3)28-15-16(2)13-26-19-8-6-18(24-4)7-9-19/h6-12H,2,5,13-15H2,1,3-4H3. The molecule has 2 rings (SSSR count). The summed E-state index contributed by atoms with van der Waals surface area (Å²) in [5.41, 5.74) is 1.95. The molecule has 5 nitrogen and oxygen atoms in total. The van der Waals surface area contributed by atoms with E-state index in [2.05, 4.69) is 6.58 Å². The lowest BCUT2D eigenvalue weighted by atomic mass is 10.2. The van der Waals surface area contributed by atoms with Gasteiger partial charge in [-0.1, -0.05) is 6.58 Å². The fraction of sp³-hybridized carbons (Fsp3) is 0.318. The van der Waals surface area contributed by atoms with Crippen molar-refractivity contribution in [3.05, 3.63) is 60.2 Å². The van der Waals surface area contributed by atoms with Gasteiger partial charge < -0.3 is 18.9 Å². The van der Waals surface area contributed by atoms with E-state index in [1.807, 2.05) is 49.4 Å². The van der Waals surface area contributed by atoms with Crippen molar-refractivity contribution in [2.75, 3.05) is 32.7 Å². The molecule has 0 heterocycles. The molecule has 0 saturated carbocycles. The monoisotopic (exact) mass is 402 g/mol. The van der Waals surface area contributed by atoms with Crippen molar-refractivity contribution in [3.63, 3.8) is 0 Å². The summed E-state index contributed by atoms with van der Waals surface area (Å²) in [5.74, 6) is 2.64. The largest absolute Gasteiger partial charge is 0.497 e. The highest BCUT2D eigenvalue weighted by molar-refractivity contribution is 7.99. The third-order valence-corrected chi connectivity index (χ3v) is 4.88. The molecule has 0 radical (unpaired) electrons. The molecule has 0 aliphatic heterocycles. The van der Waals surface area contributed by atoms with Crippen LogP contribution in [-0.2, 0) is 9.53 Å². The minimum absolute atomic E-state index is 0.0827. The second-order valence-corrected chi connectivity index (χ2v) is 7.07. The van der Waals surface area contributed by atoms with Gasteiger partial charge in [0.1, 0.15) is 23.9 Å². The van der Waals surface area contributed by atoms with Crippen LogP contribution in [0.1, 0.15) is 12.5 Å². The van der Waals surface area contributed by atoms with Crippen molar-refractivity contribution in [1.29, 1.82) is 0 Å². The van der Waals surface area contributed by atoms with Crippen LogP contribution in [0.15, 0.2) is 59.5 Å². The zero-order valence-electron chi connectivity index (χ0n) is 16.5. The van der Waals surface area contributed by atoms with E-state index in [-0.39, 0.29) is 12.6 Å². The normalized spacial score (nSPS) is 10.2. The van der Waals surface area contributed by atoms with Gasteiger partial charge in [0.05, 0.1) is 13.7 Å². The summed E-state index contributed by atoms with van der Waals surface area (Å²) >= 11 is 1.68. The van der Waals surface area contributed by atoms with Gasteiger partial charge in [0, 0.05) is 10.6 Å². The third kappa shape index (κ3) is 7.19. The predicted octanol–water partition coefficient (Wildman–Crippen LogP) is 4.67. The minimum atomic E-state index is -0.367. The number of benzene rings is 2. The number of methoxy groups -OCH3 is 1. The van der Waals surface area contributed by atoms with Gasteiger partial charge in [-0.05, 0) is 67.4 Å². The molecule has 0 unspecified atom stereocenters. The predicted molar refractivity (Wildman–Crippen MR) is 112 cm³/mol. The van der Waals surface area contributed by atoms with Gasteiger partial charge in [-0.3, -0.25) is 0 Å². The van der Waals surface area contributed by atoms with Gasteiger partial charge in [-0.15, -0.1) is 11.8 Å². The van der Waals surface area contributed by atoms with Crippen LogP contribution in [0.2, 0.25) is 0 Å². The van der Waals surface area contributed by atoms with Gasteiger partial charge in [-0.2, -0.15) is 0 Å². The molecule has 0 spiro atoms. The Morgan fingerprint density at radius 1 is 1.04 bits per heavy atom. The molecule has 0 aliphatic carbocycles. The minimum Gasteiger partial charge on any atom is -0.497 e. The van der Waals surface area contributed by atoms with Gasteiger partial charge in [0.15, 0.2) is 6.61 Å². The molecule has 0 atom stereocenters. The number of hydrogen-bond donors (Lipinski definition) is 0. The molecular weight excluding hydrogens is 376 g/mol. The highest BCUT2D eigenvalue weighted by Gasteiger charge is 2.07. The van der Waals surface area contributed by atoms with Gasteiger partial charge in [0.2, 0.25) is 0 Å². The number of carbonyl (C=O) groups excluding carboxylic acids is 1. The average Bonchev–Trinajstić information content (AvgIpc) is 2.70. The van der Waals surface area contributed by atoms with Crippen molar-refractivity contribution in [2.45, 2.75) is 18.7 Å². The van der Waals surface area contributed by atoms with Crippen molar-refractivity contribution < 1.29 is 23.7 Å². The van der Waals surface area contributed by atoms with E-state index >= 15 is 0 Å². The van der Waals surface area contributed by atoms with E-state index in [0.717, 1.165) is 33.3 Å². The summed E-state index contributed by atoms with van der Waals surface area (Å²) in [6.45, 7) is 8.52. The molecule has 0 saturated heterocycles. The summed E-state index contributed by atoms with van der Waals surface area (Å²) in [6.07, 6.45) is 0. The molecule has 2 aromatic rings. The topological polar surface area (TPSA) is 54.0 Å². The smallest absolute Gasteiger partial charge is 0.344 e. The zero-order valence-corrected chi connectivity index (χ0v) is 17.3. The maximum Gasteiger partial charge on any atom is 0.344 e. The van der Waals surface area contributed by atoms with Crippen LogP contribution in [0.5, 0.6) is 17.2 Å². The molecule has 0 fully saturated rings. The van der Waals surface area contributed by atoms with E-state index in [0.29, 0.717) is 19.0 Å². The SMILES string of the molecule is C=C(COc1ccc(OC)cc1)CSc1ccc(OCC(=O)OCC)c(C)c1. The lowest BCUT2D eigenvalue weighted by molar-refractivity contribution is -0.145. The Kier molecular flexibility index (Phi) is 8.75. The second kappa shape index (κ2) is 11.3. The Balaban J connectivity index is 1.77. The van der Waals surface area contributed by atoms with Crippen molar-refractivity contribution in [3.8, 4) is 17.2 Å². The number of esters is 1. The zero-order chi connectivity index (χ0) is 20.4. The highest BCUT2D eigenvalue weighted by Crippen LogP contribution is 2.27. The van der Waals surface area contributed by atoms with Crippen molar-refractivity contribution in [2.24, 2.45) is 0 Å². The Labute approximate surface area is 170 Å². The summed E-state index contributed by atoms with van der Waals surface area (Å²) in [6, 6.07) is 13.3. The van der Waals surface area contributed by atoms with Crippen LogP contribution >= 0.6 is 11.8 Å². The first-order chi connectivity index (χ1) is 13.5. The van der Waals surface area contributed by atoms with Crippen LogP contribution in [0.3, 0.4) is 0 Å². The van der Waals surface area contributed by atoms with E-state index in [9.17, 15) is 4.79 Å². The summed E-state index contributed by atoms with van der Waals surface area (Å²) in [5, 5.41) is 0. The number of aryl methyl sites for hydroxylation is 1. The Hall–Kier alpha value is -2.60. The molecule has 6 heteroatoms. The lowest BCUT2D eigenvalue weighted by Gasteiger charge is -2.11. The first kappa shape index (κ1) is 21.7. The molecule has 28 heavy (non-hydrogen) atoms. The van der Waals surface area contributed by atoms with Gasteiger partial charge in [0.25, 0.3) is 0 Å². The van der Waals surface area contributed by atoms with Crippen LogP contribution in [-0.4, -0.2) is 38.7 Å². The first-order valence-corrected chi connectivity index (χ1v) is 9.95. The quantitative estimate of drug-likeness (QED) is 0.309. The van der Waals surface area contributed by atoms with E-state index < -0.39 is 0 Å². The number of ether oxygens (including phenoxy) is 4. The van der Waals surface area contributed by atoms with Gasteiger partial charge >= 0.3 is 5.97 Å². The molecule has 0 N–H and O–H groups in total. The molecule has 150 valence electrons. The van der Waals surface area contributed by atoms with E-state index in [1.54, 1.807) is 25.8 Å². The molecule has 2 aromatic carbocycles.